The number of allylic oxidation sites excluding steroid dienone is 1. The predicted octanol–water partition coefficient (Wildman–Crippen LogP) is 2.73. The normalized spacial score (nSPS) is 22.0. The summed E-state index contributed by atoms with van der Waals surface area (Å²) in [5.74, 6) is -0.594. The van der Waals surface area contributed by atoms with Crippen LogP contribution in [0.1, 0.15) is 55.6 Å². The Balaban J connectivity index is 2.11. The third-order valence-electron chi connectivity index (χ3n) is 5.22. The third-order valence-corrected chi connectivity index (χ3v) is 8.68. The molecule has 1 aromatic carbocycles. The summed E-state index contributed by atoms with van der Waals surface area (Å²) in [5.41, 5.74) is 0.990. The second-order valence-corrected chi connectivity index (χ2v) is 11.8. The van der Waals surface area contributed by atoms with Crippen molar-refractivity contribution in [3.05, 3.63) is 40.2 Å². The van der Waals surface area contributed by atoms with Gasteiger partial charge in [-0.25, -0.2) is 8.42 Å². The molecule has 1 unspecified atom stereocenters. The quantitative estimate of drug-likeness (QED) is 0.498. The first-order valence-electron chi connectivity index (χ1n) is 9.42. The van der Waals surface area contributed by atoms with Gasteiger partial charge >= 0.3 is 10.1 Å². The molecule has 9 heteroatoms. The molecule has 0 aromatic heterocycles. The summed E-state index contributed by atoms with van der Waals surface area (Å²) >= 11 is 0. The fraction of sp³-hybridized carbons (Fsp3) is 0.500. The molecule has 0 bridgehead atoms. The average Bonchev–Trinajstić information content (AvgIpc) is 3.01. The lowest BCUT2D eigenvalue weighted by molar-refractivity contribution is 0.103. The molecule has 0 saturated heterocycles. The van der Waals surface area contributed by atoms with Crippen LogP contribution in [-0.2, 0) is 29.6 Å². The van der Waals surface area contributed by atoms with Crippen molar-refractivity contribution in [2.45, 2.75) is 57.4 Å². The minimum absolute atomic E-state index is 0.00947. The molecule has 29 heavy (non-hydrogen) atoms. The van der Waals surface area contributed by atoms with E-state index in [4.69, 9.17) is 4.18 Å². The summed E-state index contributed by atoms with van der Waals surface area (Å²) in [6.07, 6.45) is 1.72. The Morgan fingerprint density at radius 1 is 1.31 bits per heavy atom. The Morgan fingerprint density at radius 3 is 2.59 bits per heavy atom. The molecular formula is C20H25NO6S2. The zero-order chi connectivity index (χ0) is 21.8. The number of carbonyl (C=O) groups excluding carboxylic acids is 1. The van der Waals surface area contributed by atoms with Gasteiger partial charge in [0.05, 0.1) is 22.0 Å². The number of benzene rings is 1. The van der Waals surface area contributed by atoms with Crippen molar-refractivity contribution in [1.82, 2.24) is 0 Å². The van der Waals surface area contributed by atoms with Crippen LogP contribution in [0.2, 0.25) is 0 Å². The smallest absolute Gasteiger partial charge is 0.308 e. The molecule has 2 aliphatic rings. The van der Waals surface area contributed by atoms with Gasteiger partial charge in [-0.2, -0.15) is 8.42 Å². The van der Waals surface area contributed by atoms with Crippen molar-refractivity contribution < 1.29 is 25.8 Å². The molecule has 0 spiro atoms. The van der Waals surface area contributed by atoms with Gasteiger partial charge in [-0.1, -0.05) is 20.8 Å². The SMILES string of the molecule is CCCS(=O)(=O)OC1=C(C(=O)c2ccc3c(c2C)C(C)(C)CS3(=O)=O)C=NC1C. The Morgan fingerprint density at radius 2 is 1.97 bits per heavy atom. The molecule has 1 aromatic rings. The van der Waals surface area contributed by atoms with Crippen LogP contribution in [-0.4, -0.2) is 46.4 Å². The summed E-state index contributed by atoms with van der Waals surface area (Å²) in [4.78, 5) is 17.7. The maximum Gasteiger partial charge on any atom is 0.308 e. The predicted molar refractivity (Wildman–Crippen MR) is 111 cm³/mol. The second kappa shape index (κ2) is 7.05. The Bertz CT molecular complexity index is 1160. The van der Waals surface area contributed by atoms with Gasteiger partial charge in [0.15, 0.2) is 21.4 Å². The number of Topliss-reactive ketones (excluding diaryl/α,β-unsaturated/α-hetero) is 1. The van der Waals surface area contributed by atoms with Gasteiger partial charge in [0.2, 0.25) is 0 Å². The number of carbonyl (C=O) groups is 1. The molecule has 0 fully saturated rings. The van der Waals surface area contributed by atoms with Crippen LogP contribution in [0.25, 0.3) is 0 Å². The van der Waals surface area contributed by atoms with Gasteiger partial charge < -0.3 is 4.18 Å². The van der Waals surface area contributed by atoms with E-state index in [9.17, 15) is 21.6 Å². The van der Waals surface area contributed by atoms with Crippen LogP contribution >= 0.6 is 0 Å². The van der Waals surface area contributed by atoms with Crippen molar-refractivity contribution in [2.24, 2.45) is 4.99 Å². The molecular weight excluding hydrogens is 414 g/mol. The molecule has 0 radical (unpaired) electrons. The Hall–Kier alpha value is -2.00. The van der Waals surface area contributed by atoms with Gasteiger partial charge in [0, 0.05) is 17.2 Å². The highest BCUT2D eigenvalue weighted by Gasteiger charge is 2.43. The summed E-state index contributed by atoms with van der Waals surface area (Å²) in [6.45, 7) is 8.77. The first kappa shape index (κ1) is 21.7. The van der Waals surface area contributed by atoms with E-state index in [0.29, 0.717) is 23.1 Å². The van der Waals surface area contributed by atoms with E-state index in [0.717, 1.165) is 0 Å². The molecule has 0 saturated carbocycles. The van der Waals surface area contributed by atoms with Crippen LogP contribution in [0.15, 0.2) is 33.4 Å². The van der Waals surface area contributed by atoms with E-state index in [2.05, 4.69) is 4.99 Å². The number of sulfone groups is 1. The summed E-state index contributed by atoms with van der Waals surface area (Å²) in [5, 5.41) is 0. The highest BCUT2D eigenvalue weighted by atomic mass is 32.2. The summed E-state index contributed by atoms with van der Waals surface area (Å²) in [6, 6.07) is 2.36. The van der Waals surface area contributed by atoms with E-state index in [-0.39, 0.29) is 27.7 Å². The van der Waals surface area contributed by atoms with Gasteiger partial charge in [-0.15, -0.1) is 0 Å². The monoisotopic (exact) mass is 439 g/mol. The second-order valence-electron chi connectivity index (χ2n) is 8.16. The standard InChI is InChI=1S/C20H25NO6S2/c1-6-9-29(25,26)27-19-13(3)21-10-15(19)18(22)14-7-8-16-17(12(14)2)20(4,5)11-28(16,23)24/h7-8,10,13H,6,9,11H2,1-5H3. The Labute approximate surface area is 171 Å². The number of fused-ring (bicyclic) bond motifs is 1. The molecule has 3 rings (SSSR count). The average molecular weight is 440 g/mol. The first-order valence-corrected chi connectivity index (χ1v) is 12.6. The fourth-order valence-electron chi connectivity index (χ4n) is 4.06. The maximum absolute atomic E-state index is 13.3. The van der Waals surface area contributed by atoms with Gasteiger partial charge in [-0.05, 0) is 43.5 Å². The number of nitrogens with zero attached hydrogens (tertiary/aromatic N) is 1. The number of hydrogen-bond donors (Lipinski definition) is 0. The number of aliphatic imine (C=N–C) groups is 1. The number of hydrogen-bond acceptors (Lipinski definition) is 7. The van der Waals surface area contributed by atoms with Gasteiger partial charge in [0.1, 0.15) is 6.04 Å². The molecule has 0 amide bonds. The fourth-order valence-corrected chi connectivity index (χ4v) is 7.41. The molecule has 2 aliphatic heterocycles. The zero-order valence-electron chi connectivity index (χ0n) is 17.1. The van der Waals surface area contributed by atoms with Crippen LogP contribution < -0.4 is 0 Å². The van der Waals surface area contributed by atoms with E-state index < -0.39 is 37.2 Å². The largest absolute Gasteiger partial charge is 0.384 e. The van der Waals surface area contributed by atoms with Crippen molar-refractivity contribution in [2.75, 3.05) is 11.5 Å². The summed E-state index contributed by atoms with van der Waals surface area (Å²) in [7, 11) is -7.22. The molecule has 1 atom stereocenters. The van der Waals surface area contributed by atoms with E-state index in [1.54, 1.807) is 20.8 Å². The first-order chi connectivity index (χ1) is 13.3. The lowest BCUT2D eigenvalue weighted by Crippen LogP contribution is -2.21. The van der Waals surface area contributed by atoms with Crippen molar-refractivity contribution in [3.8, 4) is 0 Å². The van der Waals surface area contributed by atoms with Crippen LogP contribution in [0.4, 0.5) is 0 Å². The number of ketones is 1. The highest BCUT2D eigenvalue weighted by molar-refractivity contribution is 7.91. The van der Waals surface area contributed by atoms with Crippen LogP contribution in [0.5, 0.6) is 0 Å². The molecule has 7 nitrogen and oxygen atoms in total. The van der Waals surface area contributed by atoms with E-state index >= 15 is 0 Å². The summed E-state index contributed by atoms with van der Waals surface area (Å²) < 4.78 is 54.4. The zero-order valence-corrected chi connectivity index (χ0v) is 18.8. The lowest BCUT2D eigenvalue weighted by Gasteiger charge is -2.21. The molecule has 158 valence electrons. The molecule has 0 aliphatic carbocycles. The topological polar surface area (TPSA) is 107 Å². The minimum Gasteiger partial charge on any atom is -0.384 e. The minimum atomic E-state index is -3.82. The van der Waals surface area contributed by atoms with Crippen LogP contribution in [0, 0.1) is 6.92 Å². The van der Waals surface area contributed by atoms with Crippen LogP contribution in [0.3, 0.4) is 0 Å². The van der Waals surface area contributed by atoms with Crippen molar-refractivity contribution >= 4 is 32.0 Å². The maximum atomic E-state index is 13.3. The molecule has 0 N–H and O–H groups in total. The van der Waals surface area contributed by atoms with Gasteiger partial charge in [0.25, 0.3) is 0 Å². The van der Waals surface area contributed by atoms with Gasteiger partial charge in [-0.3, -0.25) is 9.79 Å². The van der Waals surface area contributed by atoms with E-state index in [1.807, 2.05) is 13.8 Å². The third kappa shape index (κ3) is 3.77. The lowest BCUT2D eigenvalue weighted by atomic mass is 9.81. The van der Waals surface area contributed by atoms with Crippen molar-refractivity contribution in [3.63, 3.8) is 0 Å². The number of rotatable bonds is 6. The highest BCUT2D eigenvalue weighted by Crippen LogP contribution is 2.42. The van der Waals surface area contributed by atoms with E-state index in [1.165, 1.54) is 18.3 Å². The Kier molecular flexibility index (Phi) is 5.28. The van der Waals surface area contributed by atoms with Crippen molar-refractivity contribution in [1.29, 1.82) is 0 Å². The molecule has 2 heterocycles.